The Morgan fingerprint density at radius 1 is 1.03 bits per heavy atom. The number of anilines is 1. The number of hydrogen-bond donors (Lipinski definition) is 2. The molecule has 1 heterocycles. The molecule has 1 amide bonds. The van der Waals surface area contributed by atoms with Gasteiger partial charge in [0.25, 0.3) is 5.91 Å². The summed E-state index contributed by atoms with van der Waals surface area (Å²) in [6, 6.07) is 13.0. The van der Waals surface area contributed by atoms with Crippen LogP contribution in [0, 0.1) is 5.41 Å². The number of hydrogen-bond acceptors (Lipinski definition) is 6. The minimum atomic E-state index is -0.367. The zero-order valence-electron chi connectivity index (χ0n) is 17.7. The fourth-order valence-corrected chi connectivity index (χ4v) is 3.34. The molecule has 0 radical (unpaired) electrons. The summed E-state index contributed by atoms with van der Waals surface area (Å²) < 4.78 is 16.2. The smallest absolute Gasteiger partial charge is 0.257 e. The Morgan fingerprint density at radius 3 is 2.43 bits per heavy atom. The largest absolute Gasteiger partial charge is 0.493 e. The highest BCUT2D eigenvalue weighted by Gasteiger charge is 2.13. The fourth-order valence-electron chi connectivity index (χ4n) is 3.34. The predicted octanol–water partition coefficient (Wildman–Crippen LogP) is 3.71. The molecule has 2 N–H and O–H groups in total. The van der Waals surface area contributed by atoms with Crippen LogP contribution in [0.3, 0.4) is 0 Å². The molecule has 30 heavy (non-hydrogen) atoms. The molecule has 0 saturated heterocycles. The molecule has 2 aromatic carbocycles. The molecule has 0 fully saturated rings. The minimum absolute atomic E-state index is 0.163. The maximum atomic E-state index is 12.7. The van der Waals surface area contributed by atoms with Gasteiger partial charge in [0, 0.05) is 36.8 Å². The highest BCUT2D eigenvalue weighted by Crippen LogP contribution is 2.27. The van der Waals surface area contributed by atoms with E-state index in [4.69, 9.17) is 19.3 Å². The Hall–Kier alpha value is -3.48. The number of amides is 1. The average molecular weight is 409 g/mol. The second-order valence-electron chi connectivity index (χ2n) is 6.76. The van der Waals surface area contributed by atoms with Crippen molar-refractivity contribution in [3.05, 3.63) is 59.1 Å². The van der Waals surface area contributed by atoms with Crippen LogP contribution >= 0.6 is 0 Å². The summed E-state index contributed by atoms with van der Waals surface area (Å²) in [6.07, 6.45) is 0. The Bertz CT molecular complexity index is 1100. The summed E-state index contributed by atoms with van der Waals surface area (Å²) in [6.45, 7) is 6.23. The third-order valence-corrected chi connectivity index (χ3v) is 5.03. The molecule has 1 aromatic heterocycles. The molecule has 0 aliphatic heterocycles. The summed E-state index contributed by atoms with van der Waals surface area (Å²) in [7, 11) is 3.14. The summed E-state index contributed by atoms with van der Waals surface area (Å²) in [5, 5.41) is 11.8. The van der Waals surface area contributed by atoms with Crippen LogP contribution in [0.4, 0.5) is 5.69 Å². The van der Waals surface area contributed by atoms with E-state index in [1.165, 1.54) is 0 Å². The predicted molar refractivity (Wildman–Crippen MR) is 116 cm³/mol. The van der Waals surface area contributed by atoms with Crippen molar-refractivity contribution < 1.29 is 18.7 Å². The van der Waals surface area contributed by atoms with E-state index in [1.54, 1.807) is 32.4 Å². The molecule has 0 aliphatic carbocycles. The number of ether oxygens (including phenoxy) is 2. The van der Waals surface area contributed by atoms with Crippen molar-refractivity contribution in [3.63, 3.8) is 0 Å². The number of nitrogens with zero attached hydrogens (tertiary/aromatic N) is 1. The molecule has 158 valence electrons. The van der Waals surface area contributed by atoms with E-state index in [2.05, 4.69) is 24.1 Å². The monoisotopic (exact) mass is 409 g/mol. The third kappa shape index (κ3) is 4.40. The van der Waals surface area contributed by atoms with E-state index in [-0.39, 0.29) is 23.6 Å². The van der Waals surface area contributed by atoms with Crippen LogP contribution in [0.2, 0.25) is 0 Å². The zero-order chi connectivity index (χ0) is 21.7. The van der Waals surface area contributed by atoms with Gasteiger partial charge in [0.15, 0.2) is 11.5 Å². The first-order valence-corrected chi connectivity index (χ1v) is 9.87. The van der Waals surface area contributed by atoms with Gasteiger partial charge in [-0.2, -0.15) is 0 Å². The van der Waals surface area contributed by atoms with Gasteiger partial charge in [0.05, 0.1) is 14.2 Å². The van der Waals surface area contributed by atoms with Crippen molar-refractivity contribution in [1.82, 2.24) is 5.32 Å². The number of carbonyl (C=O) groups excluding carboxylic acids is 1. The Morgan fingerprint density at radius 2 is 1.77 bits per heavy atom. The minimum Gasteiger partial charge on any atom is -0.493 e. The highest BCUT2D eigenvalue weighted by atomic mass is 16.5. The summed E-state index contributed by atoms with van der Waals surface area (Å²) in [5.74, 6) is 0.849. The molecular formula is C23H27N3O4. The van der Waals surface area contributed by atoms with Crippen LogP contribution in [0.15, 0.2) is 46.9 Å². The Kier molecular flexibility index (Phi) is 6.61. The number of carbonyl (C=O) groups is 1. The molecule has 0 spiro atoms. The normalized spacial score (nSPS) is 10.7. The first kappa shape index (κ1) is 21.2. The third-order valence-electron chi connectivity index (χ3n) is 5.03. The lowest BCUT2D eigenvalue weighted by atomic mass is 10.1. The van der Waals surface area contributed by atoms with Crippen molar-refractivity contribution in [3.8, 4) is 11.5 Å². The lowest BCUT2D eigenvalue weighted by Crippen LogP contribution is -2.28. The Labute approximate surface area is 175 Å². The van der Waals surface area contributed by atoms with E-state index in [0.717, 1.165) is 29.7 Å². The van der Waals surface area contributed by atoms with E-state index in [1.807, 2.05) is 24.3 Å². The molecular weight excluding hydrogens is 382 g/mol. The van der Waals surface area contributed by atoms with Gasteiger partial charge in [-0.25, -0.2) is 0 Å². The van der Waals surface area contributed by atoms with Gasteiger partial charge >= 0.3 is 0 Å². The van der Waals surface area contributed by atoms with Crippen molar-refractivity contribution in [1.29, 1.82) is 5.41 Å². The number of rotatable bonds is 8. The molecule has 0 saturated carbocycles. The quantitative estimate of drug-likeness (QED) is 0.592. The zero-order valence-corrected chi connectivity index (χ0v) is 17.7. The average Bonchev–Trinajstić information content (AvgIpc) is 2.77. The maximum absolute atomic E-state index is 12.7. The number of methoxy groups -OCH3 is 2. The van der Waals surface area contributed by atoms with Crippen molar-refractivity contribution in [2.45, 2.75) is 20.4 Å². The lowest BCUT2D eigenvalue weighted by Gasteiger charge is -2.21. The van der Waals surface area contributed by atoms with Crippen LogP contribution in [0.1, 0.15) is 29.8 Å². The number of fused-ring (bicyclic) bond motifs is 1. The van der Waals surface area contributed by atoms with Crippen molar-refractivity contribution in [2.24, 2.45) is 0 Å². The van der Waals surface area contributed by atoms with E-state index in [9.17, 15) is 4.79 Å². The van der Waals surface area contributed by atoms with Crippen LogP contribution in [0.25, 0.3) is 11.0 Å². The van der Waals surface area contributed by atoms with E-state index >= 15 is 0 Å². The molecule has 3 rings (SSSR count). The first-order chi connectivity index (χ1) is 14.5. The maximum Gasteiger partial charge on any atom is 0.257 e. The van der Waals surface area contributed by atoms with Gasteiger partial charge in [-0.3, -0.25) is 10.2 Å². The lowest BCUT2D eigenvalue weighted by molar-refractivity contribution is 0.0946. The molecule has 0 unspecified atom stereocenters. The molecule has 3 aromatic rings. The fraction of sp³-hybridized carbons (Fsp3) is 0.304. The van der Waals surface area contributed by atoms with Gasteiger partial charge in [0.2, 0.25) is 5.55 Å². The second kappa shape index (κ2) is 9.35. The topological polar surface area (TPSA) is 87.8 Å². The number of benzene rings is 2. The van der Waals surface area contributed by atoms with E-state index in [0.29, 0.717) is 17.1 Å². The van der Waals surface area contributed by atoms with Crippen LogP contribution in [-0.2, 0) is 6.54 Å². The van der Waals surface area contributed by atoms with Gasteiger partial charge in [-0.15, -0.1) is 0 Å². The first-order valence-electron chi connectivity index (χ1n) is 9.87. The van der Waals surface area contributed by atoms with Gasteiger partial charge in [-0.05, 0) is 49.7 Å². The molecule has 0 atom stereocenters. The van der Waals surface area contributed by atoms with Gasteiger partial charge in [0.1, 0.15) is 11.1 Å². The van der Waals surface area contributed by atoms with Crippen LogP contribution < -0.4 is 25.2 Å². The standard InChI is InChI=1S/C23H27N3O4/c1-5-26(6-2)17-9-8-16-12-18(22(24)30-20(16)13-17)23(27)25-14-15-7-10-19(28-3)21(11-15)29-4/h7-13,24H,5-6,14H2,1-4H3,(H,25,27). The van der Waals surface area contributed by atoms with Crippen LogP contribution in [0.5, 0.6) is 11.5 Å². The summed E-state index contributed by atoms with van der Waals surface area (Å²) in [5.41, 5.74) is 2.50. The SMILES string of the molecule is CCN(CC)c1ccc2cc(C(=O)NCc3ccc(OC)c(OC)c3)c(=N)oc2c1. The second-order valence-corrected chi connectivity index (χ2v) is 6.76. The Balaban J connectivity index is 1.80. The van der Waals surface area contributed by atoms with Gasteiger partial charge in [-0.1, -0.05) is 6.07 Å². The molecule has 7 nitrogen and oxygen atoms in total. The number of nitrogens with one attached hydrogen (secondary N) is 2. The van der Waals surface area contributed by atoms with Gasteiger partial charge < -0.3 is 24.1 Å². The molecule has 0 bridgehead atoms. The highest BCUT2D eigenvalue weighted by molar-refractivity contribution is 5.96. The van der Waals surface area contributed by atoms with E-state index < -0.39 is 0 Å². The molecule has 7 heteroatoms. The summed E-state index contributed by atoms with van der Waals surface area (Å²) in [4.78, 5) is 14.9. The molecule has 0 aliphatic rings. The van der Waals surface area contributed by atoms with Crippen LogP contribution in [-0.4, -0.2) is 33.2 Å². The van der Waals surface area contributed by atoms with Crippen molar-refractivity contribution >= 4 is 22.6 Å². The van der Waals surface area contributed by atoms with Crippen molar-refractivity contribution in [2.75, 3.05) is 32.2 Å². The summed E-state index contributed by atoms with van der Waals surface area (Å²) >= 11 is 0.